The maximum Gasteiger partial charge on any atom is 0.407 e. The molecular weight excluding hydrogens is 434 g/mol. The van der Waals surface area contributed by atoms with Gasteiger partial charge < -0.3 is 30.1 Å². The van der Waals surface area contributed by atoms with Gasteiger partial charge in [0.15, 0.2) is 0 Å². The van der Waals surface area contributed by atoms with Crippen molar-refractivity contribution >= 4 is 30.1 Å². The lowest BCUT2D eigenvalue weighted by Gasteiger charge is -2.33. The van der Waals surface area contributed by atoms with Crippen LogP contribution < -0.4 is 15.4 Å². The number of amides is 2. The second-order valence-electron chi connectivity index (χ2n) is 8.83. The van der Waals surface area contributed by atoms with Crippen LogP contribution in [0.2, 0.25) is 0 Å². The third kappa shape index (κ3) is 8.15. The molecule has 9 heteroatoms. The van der Waals surface area contributed by atoms with Gasteiger partial charge in [0.1, 0.15) is 18.5 Å². The van der Waals surface area contributed by atoms with Crippen molar-refractivity contribution in [2.75, 3.05) is 38.2 Å². The van der Waals surface area contributed by atoms with Gasteiger partial charge in [0.25, 0.3) is 0 Å². The van der Waals surface area contributed by atoms with Crippen LogP contribution in [0.4, 0.5) is 10.5 Å². The fourth-order valence-corrected chi connectivity index (χ4v) is 3.92. The summed E-state index contributed by atoms with van der Waals surface area (Å²) in [6.45, 7) is 6.99. The maximum atomic E-state index is 11.9. The van der Waals surface area contributed by atoms with E-state index in [0.717, 1.165) is 49.4 Å². The average Bonchev–Trinajstić information content (AvgIpc) is 2.73. The van der Waals surface area contributed by atoms with Gasteiger partial charge in [-0.15, -0.1) is 12.4 Å². The molecule has 0 aromatic heterocycles. The summed E-state index contributed by atoms with van der Waals surface area (Å²) in [5.74, 6) is 1.25. The van der Waals surface area contributed by atoms with Crippen molar-refractivity contribution in [3.8, 4) is 5.75 Å². The third-order valence-electron chi connectivity index (χ3n) is 5.75. The lowest BCUT2D eigenvalue weighted by atomic mass is 10.0. The van der Waals surface area contributed by atoms with Gasteiger partial charge >= 0.3 is 6.09 Å². The van der Waals surface area contributed by atoms with Crippen LogP contribution in [0.3, 0.4) is 0 Å². The van der Waals surface area contributed by atoms with E-state index in [1.807, 2.05) is 18.2 Å². The molecule has 32 heavy (non-hydrogen) atoms. The smallest absolute Gasteiger partial charge is 0.407 e. The van der Waals surface area contributed by atoms with Crippen molar-refractivity contribution in [3.05, 3.63) is 23.8 Å². The first-order chi connectivity index (χ1) is 14.9. The van der Waals surface area contributed by atoms with Crippen LogP contribution in [0.25, 0.3) is 0 Å². The lowest BCUT2D eigenvalue weighted by Crippen LogP contribution is -2.47. The number of halogens is 1. The molecule has 0 spiro atoms. The summed E-state index contributed by atoms with van der Waals surface area (Å²) in [5.41, 5.74) is 1.78. The van der Waals surface area contributed by atoms with E-state index < -0.39 is 6.10 Å². The second-order valence-corrected chi connectivity index (χ2v) is 8.83. The second kappa shape index (κ2) is 12.9. The standard InChI is InChI=1S/C23H35N3O5.ClH/c1-16(2)10-13-30-23(29)24-17-8-11-26(12-9-17)14-18(27)15-31-21-5-3-4-20-19(21)6-7-22(28)25-20;/h3-5,16-18,27H,6-15H2,1-2H3,(H,24,29)(H,25,28);1H. The topological polar surface area (TPSA) is 100 Å². The number of nitrogens with zero attached hydrogens (tertiary/aromatic N) is 1. The van der Waals surface area contributed by atoms with E-state index >= 15 is 0 Å². The Labute approximate surface area is 196 Å². The fourth-order valence-electron chi connectivity index (χ4n) is 3.92. The van der Waals surface area contributed by atoms with Crippen LogP contribution in [0.15, 0.2) is 18.2 Å². The number of alkyl carbamates (subject to hydrolysis) is 1. The molecule has 8 nitrogen and oxygen atoms in total. The Kier molecular flexibility index (Phi) is 10.5. The van der Waals surface area contributed by atoms with Gasteiger partial charge in [-0.05, 0) is 43.7 Å². The predicted molar refractivity (Wildman–Crippen MR) is 126 cm³/mol. The molecule has 1 unspecified atom stereocenters. The third-order valence-corrected chi connectivity index (χ3v) is 5.75. The molecule has 0 aliphatic carbocycles. The summed E-state index contributed by atoms with van der Waals surface area (Å²) in [4.78, 5) is 25.6. The Morgan fingerprint density at radius 3 is 2.75 bits per heavy atom. The minimum absolute atomic E-state index is 0. The van der Waals surface area contributed by atoms with Crippen LogP contribution in [0, 0.1) is 5.92 Å². The summed E-state index contributed by atoms with van der Waals surface area (Å²) >= 11 is 0. The number of benzene rings is 1. The van der Waals surface area contributed by atoms with E-state index in [9.17, 15) is 14.7 Å². The number of fused-ring (bicyclic) bond motifs is 1. The summed E-state index contributed by atoms with van der Waals surface area (Å²) in [5, 5.41) is 16.2. The molecule has 1 saturated heterocycles. The molecule has 2 aliphatic heterocycles. The molecule has 180 valence electrons. The summed E-state index contributed by atoms with van der Waals surface area (Å²) in [6, 6.07) is 5.70. The van der Waals surface area contributed by atoms with Crippen LogP contribution in [-0.4, -0.2) is 67.0 Å². The van der Waals surface area contributed by atoms with E-state index in [1.165, 1.54) is 0 Å². The zero-order valence-electron chi connectivity index (χ0n) is 19.0. The van der Waals surface area contributed by atoms with Crippen LogP contribution >= 0.6 is 12.4 Å². The van der Waals surface area contributed by atoms with Crippen molar-refractivity contribution in [1.82, 2.24) is 10.2 Å². The van der Waals surface area contributed by atoms with Crippen LogP contribution in [0.5, 0.6) is 5.75 Å². The number of carbonyl (C=O) groups is 2. The molecule has 1 atom stereocenters. The Bertz CT molecular complexity index is 753. The van der Waals surface area contributed by atoms with Gasteiger partial charge in [-0.2, -0.15) is 0 Å². The minimum atomic E-state index is -0.612. The van der Waals surface area contributed by atoms with Crippen molar-refractivity contribution in [3.63, 3.8) is 0 Å². The molecule has 3 N–H and O–H groups in total. The number of piperidine rings is 1. The highest BCUT2D eigenvalue weighted by atomic mass is 35.5. The number of aliphatic hydroxyl groups excluding tert-OH is 1. The molecule has 0 radical (unpaired) electrons. The summed E-state index contributed by atoms with van der Waals surface area (Å²) < 4.78 is 11.1. The van der Waals surface area contributed by atoms with Crippen molar-refractivity contribution in [2.45, 2.75) is 58.1 Å². The average molecular weight is 470 g/mol. The summed E-state index contributed by atoms with van der Waals surface area (Å²) in [7, 11) is 0. The number of anilines is 1. The highest BCUT2D eigenvalue weighted by Crippen LogP contribution is 2.31. The van der Waals surface area contributed by atoms with E-state index in [2.05, 4.69) is 29.4 Å². The first-order valence-electron chi connectivity index (χ1n) is 11.3. The number of β-amino-alcohol motifs (C(OH)–C–C–N with tert-alkyl or cyclic N) is 1. The Hall–Kier alpha value is -2.03. The van der Waals surface area contributed by atoms with Gasteiger partial charge in [-0.1, -0.05) is 19.9 Å². The molecular formula is C23H36ClN3O5. The van der Waals surface area contributed by atoms with Gasteiger partial charge in [-0.3, -0.25) is 4.79 Å². The van der Waals surface area contributed by atoms with E-state index in [1.54, 1.807) is 0 Å². The highest BCUT2D eigenvalue weighted by Gasteiger charge is 2.23. The lowest BCUT2D eigenvalue weighted by molar-refractivity contribution is -0.116. The van der Waals surface area contributed by atoms with E-state index in [0.29, 0.717) is 31.9 Å². The SMILES string of the molecule is CC(C)CCOC(=O)NC1CCN(CC(O)COc2cccc3c2CCC(=O)N3)CC1.Cl. The van der Waals surface area contributed by atoms with Crippen molar-refractivity contribution in [1.29, 1.82) is 0 Å². The van der Waals surface area contributed by atoms with Gasteiger partial charge in [-0.25, -0.2) is 4.79 Å². The normalized spacial score (nSPS) is 17.7. The number of hydrogen-bond donors (Lipinski definition) is 3. The minimum Gasteiger partial charge on any atom is -0.490 e. The van der Waals surface area contributed by atoms with Gasteiger partial charge in [0.2, 0.25) is 5.91 Å². The number of likely N-dealkylation sites (tertiary alicyclic amines) is 1. The highest BCUT2D eigenvalue weighted by molar-refractivity contribution is 5.94. The predicted octanol–water partition coefficient (Wildman–Crippen LogP) is 2.97. The first-order valence-corrected chi connectivity index (χ1v) is 11.3. The van der Waals surface area contributed by atoms with E-state index in [-0.39, 0.29) is 37.1 Å². The zero-order chi connectivity index (χ0) is 22.2. The van der Waals surface area contributed by atoms with Crippen molar-refractivity contribution in [2.24, 2.45) is 5.92 Å². The summed E-state index contributed by atoms with van der Waals surface area (Å²) in [6.07, 6.45) is 2.68. The number of nitrogens with one attached hydrogen (secondary N) is 2. The molecule has 2 amide bonds. The number of aliphatic hydroxyl groups is 1. The molecule has 1 fully saturated rings. The molecule has 0 bridgehead atoms. The van der Waals surface area contributed by atoms with Gasteiger partial charge in [0, 0.05) is 43.3 Å². The largest absolute Gasteiger partial charge is 0.490 e. The number of rotatable bonds is 9. The Balaban J connectivity index is 0.00000363. The first kappa shape index (κ1) is 26.2. The number of ether oxygens (including phenoxy) is 2. The van der Waals surface area contributed by atoms with Gasteiger partial charge in [0.05, 0.1) is 6.61 Å². The van der Waals surface area contributed by atoms with Crippen molar-refractivity contribution < 1.29 is 24.2 Å². The molecule has 1 aromatic carbocycles. The molecule has 2 heterocycles. The number of carbonyl (C=O) groups excluding carboxylic acids is 2. The van der Waals surface area contributed by atoms with Crippen LogP contribution in [0.1, 0.15) is 45.1 Å². The zero-order valence-corrected chi connectivity index (χ0v) is 19.8. The fraction of sp³-hybridized carbons (Fsp3) is 0.652. The monoisotopic (exact) mass is 469 g/mol. The molecule has 1 aromatic rings. The Morgan fingerprint density at radius 1 is 1.28 bits per heavy atom. The number of hydrogen-bond acceptors (Lipinski definition) is 6. The molecule has 0 saturated carbocycles. The van der Waals surface area contributed by atoms with Crippen LogP contribution in [-0.2, 0) is 16.0 Å². The molecule has 2 aliphatic rings. The molecule has 3 rings (SSSR count). The maximum absolute atomic E-state index is 11.9. The van der Waals surface area contributed by atoms with E-state index in [4.69, 9.17) is 9.47 Å². The Morgan fingerprint density at radius 2 is 2.03 bits per heavy atom. The quantitative estimate of drug-likeness (QED) is 0.514.